The molecule has 0 spiro atoms. The molecule has 0 aliphatic carbocycles. The number of thiophene rings is 1. The van der Waals surface area contributed by atoms with Crippen LogP contribution in [-0.2, 0) is 9.84 Å². The van der Waals surface area contributed by atoms with Gasteiger partial charge in [0.2, 0.25) is 9.84 Å². The predicted octanol–water partition coefficient (Wildman–Crippen LogP) is 4.59. The second-order valence-corrected chi connectivity index (χ2v) is 9.11. The molecule has 1 aromatic heterocycles. The van der Waals surface area contributed by atoms with E-state index in [4.69, 9.17) is 0 Å². The number of benzene rings is 2. The Balaban J connectivity index is 1.85. The molecule has 0 aliphatic heterocycles. The van der Waals surface area contributed by atoms with Crippen molar-refractivity contribution in [3.05, 3.63) is 76.4 Å². The van der Waals surface area contributed by atoms with Crippen LogP contribution in [0.2, 0.25) is 0 Å². The lowest BCUT2D eigenvalue weighted by atomic mass is 10.2. The van der Waals surface area contributed by atoms with Crippen molar-refractivity contribution in [3.63, 3.8) is 0 Å². The zero-order chi connectivity index (χ0) is 18.9. The number of hydrogen-bond donors (Lipinski definition) is 1. The maximum atomic E-state index is 13.2. The van der Waals surface area contributed by atoms with E-state index in [0.29, 0.717) is 11.3 Å². The lowest BCUT2D eigenvalue weighted by Gasteiger charge is -2.07. The van der Waals surface area contributed by atoms with E-state index >= 15 is 0 Å². The third-order valence-corrected chi connectivity index (χ3v) is 7.18. The van der Waals surface area contributed by atoms with Gasteiger partial charge in [-0.15, -0.1) is 11.3 Å². The second kappa shape index (κ2) is 7.01. The molecule has 0 radical (unpaired) electrons. The number of rotatable bonds is 4. The average molecular weight is 389 g/mol. The van der Waals surface area contributed by atoms with Crippen molar-refractivity contribution >= 4 is 32.8 Å². The first-order chi connectivity index (χ1) is 12.3. The molecule has 3 rings (SSSR count). The summed E-state index contributed by atoms with van der Waals surface area (Å²) in [6.45, 7) is 3.56. The molecule has 0 bridgehead atoms. The molecule has 1 heterocycles. The third-order valence-electron chi connectivity index (χ3n) is 3.84. The minimum Gasteiger partial charge on any atom is -0.321 e. The average Bonchev–Trinajstić information content (AvgIpc) is 3.09. The van der Waals surface area contributed by atoms with Crippen molar-refractivity contribution in [2.75, 3.05) is 5.32 Å². The molecule has 134 valence electrons. The van der Waals surface area contributed by atoms with Gasteiger partial charge in [-0.25, -0.2) is 12.8 Å². The molecule has 0 fully saturated rings. The number of amides is 1. The van der Waals surface area contributed by atoms with E-state index in [1.54, 1.807) is 31.2 Å². The molecule has 1 N–H and O–H groups in total. The molecule has 0 saturated heterocycles. The first kappa shape index (κ1) is 18.3. The van der Waals surface area contributed by atoms with Crippen molar-refractivity contribution in [1.29, 1.82) is 0 Å². The van der Waals surface area contributed by atoms with Crippen LogP contribution in [0.1, 0.15) is 20.8 Å². The SMILES string of the molecule is Cc1ccc(S(=O)(=O)c2ccc(C(=O)Nc3ccc(F)cc3C)s2)cc1. The number of halogens is 1. The minimum absolute atomic E-state index is 0.0994. The summed E-state index contributed by atoms with van der Waals surface area (Å²) in [5.41, 5.74) is 2.03. The Hall–Kier alpha value is -2.51. The molecule has 7 heteroatoms. The molecular weight excluding hydrogens is 373 g/mol. The lowest BCUT2D eigenvalue weighted by Crippen LogP contribution is -2.11. The largest absolute Gasteiger partial charge is 0.321 e. The second-order valence-electron chi connectivity index (χ2n) is 5.85. The van der Waals surface area contributed by atoms with Gasteiger partial charge >= 0.3 is 0 Å². The first-order valence-electron chi connectivity index (χ1n) is 7.76. The first-order valence-corrected chi connectivity index (χ1v) is 10.1. The van der Waals surface area contributed by atoms with Crippen LogP contribution >= 0.6 is 11.3 Å². The zero-order valence-electron chi connectivity index (χ0n) is 14.1. The summed E-state index contributed by atoms with van der Waals surface area (Å²) in [5, 5.41) is 2.68. The normalized spacial score (nSPS) is 11.3. The number of carbonyl (C=O) groups is 1. The Morgan fingerprint density at radius 2 is 1.69 bits per heavy atom. The molecule has 3 aromatic rings. The number of sulfone groups is 1. The van der Waals surface area contributed by atoms with E-state index in [2.05, 4.69) is 5.32 Å². The van der Waals surface area contributed by atoms with E-state index in [-0.39, 0.29) is 19.8 Å². The molecule has 26 heavy (non-hydrogen) atoms. The van der Waals surface area contributed by atoms with Crippen LogP contribution in [0.4, 0.5) is 10.1 Å². The maximum absolute atomic E-state index is 13.2. The maximum Gasteiger partial charge on any atom is 0.265 e. The molecule has 4 nitrogen and oxygen atoms in total. The van der Waals surface area contributed by atoms with Gasteiger partial charge in [0.1, 0.15) is 10.0 Å². The van der Waals surface area contributed by atoms with Gasteiger partial charge in [0.05, 0.1) is 9.77 Å². The highest BCUT2D eigenvalue weighted by molar-refractivity contribution is 7.93. The summed E-state index contributed by atoms with van der Waals surface area (Å²) in [7, 11) is -3.67. The summed E-state index contributed by atoms with van der Waals surface area (Å²) in [5.74, 6) is -0.821. The van der Waals surface area contributed by atoms with Gasteiger partial charge in [0.15, 0.2) is 0 Å². The number of nitrogens with one attached hydrogen (secondary N) is 1. The Bertz CT molecular complexity index is 1070. The molecule has 0 saturated carbocycles. The van der Waals surface area contributed by atoms with Gasteiger partial charge in [-0.05, 0) is 61.9 Å². The summed E-state index contributed by atoms with van der Waals surface area (Å²) < 4.78 is 38.6. The number of anilines is 1. The highest BCUT2D eigenvalue weighted by atomic mass is 32.2. The van der Waals surface area contributed by atoms with Crippen LogP contribution in [0.15, 0.2) is 63.7 Å². The van der Waals surface area contributed by atoms with Crippen LogP contribution in [-0.4, -0.2) is 14.3 Å². The molecular formula is C19H16FNO3S2. The van der Waals surface area contributed by atoms with E-state index in [1.165, 1.54) is 30.3 Å². The van der Waals surface area contributed by atoms with E-state index < -0.39 is 15.7 Å². The fourth-order valence-corrected chi connectivity index (χ4v) is 4.97. The summed E-state index contributed by atoms with van der Waals surface area (Å²) in [6.07, 6.45) is 0. The Morgan fingerprint density at radius 1 is 1.00 bits per heavy atom. The fraction of sp³-hybridized carbons (Fsp3) is 0.105. The van der Waals surface area contributed by atoms with Gasteiger partial charge in [0, 0.05) is 5.69 Å². The minimum atomic E-state index is -3.67. The molecule has 0 aliphatic rings. The van der Waals surface area contributed by atoms with Crippen molar-refractivity contribution in [2.45, 2.75) is 23.0 Å². The number of carbonyl (C=O) groups excluding carboxylic acids is 1. The quantitative estimate of drug-likeness (QED) is 0.710. The fourth-order valence-electron chi connectivity index (χ4n) is 2.37. The summed E-state index contributed by atoms with van der Waals surface area (Å²) in [4.78, 5) is 12.8. The Labute approximate surface area is 155 Å². The van der Waals surface area contributed by atoms with Crippen molar-refractivity contribution in [1.82, 2.24) is 0 Å². The zero-order valence-corrected chi connectivity index (χ0v) is 15.7. The van der Waals surface area contributed by atoms with Crippen molar-refractivity contribution in [2.24, 2.45) is 0 Å². The van der Waals surface area contributed by atoms with Crippen LogP contribution < -0.4 is 5.32 Å². The predicted molar refractivity (Wildman–Crippen MR) is 100 cm³/mol. The molecule has 0 atom stereocenters. The van der Waals surface area contributed by atoms with Crippen LogP contribution in [0.25, 0.3) is 0 Å². The standard InChI is InChI=1S/C19H16FNO3S2/c1-12-3-6-15(7-4-12)26(23,24)18-10-9-17(25-18)19(22)21-16-8-5-14(20)11-13(16)2/h3-11H,1-2H3,(H,21,22). The third kappa shape index (κ3) is 3.68. The lowest BCUT2D eigenvalue weighted by molar-refractivity contribution is 0.103. The number of hydrogen-bond acceptors (Lipinski definition) is 4. The van der Waals surface area contributed by atoms with Gasteiger partial charge in [-0.1, -0.05) is 17.7 Å². The van der Waals surface area contributed by atoms with Crippen LogP contribution in [0, 0.1) is 19.7 Å². The van der Waals surface area contributed by atoms with E-state index in [1.807, 2.05) is 6.92 Å². The van der Waals surface area contributed by atoms with E-state index in [0.717, 1.165) is 16.9 Å². The van der Waals surface area contributed by atoms with E-state index in [9.17, 15) is 17.6 Å². The van der Waals surface area contributed by atoms with Crippen LogP contribution in [0.5, 0.6) is 0 Å². The van der Waals surface area contributed by atoms with Gasteiger partial charge in [-0.3, -0.25) is 4.79 Å². The smallest absolute Gasteiger partial charge is 0.265 e. The summed E-state index contributed by atoms with van der Waals surface area (Å²) >= 11 is 0.901. The van der Waals surface area contributed by atoms with Gasteiger partial charge in [-0.2, -0.15) is 0 Å². The van der Waals surface area contributed by atoms with Gasteiger partial charge in [0.25, 0.3) is 5.91 Å². The molecule has 1 amide bonds. The molecule has 2 aromatic carbocycles. The topological polar surface area (TPSA) is 63.2 Å². The highest BCUT2D eigenvalue weighted by Crippen LogP contribution is 2.29. The summed E-state index contributed by atoms with van der Waals surface area (Å²) in [6, 6.07) is 13.5. The van der Waals surface area contributed by atoms with Gasteiger partial charge < -0.3 is 5.32 Å². The molecule has 0 unspecified atom stereocenters. The Kier molecular flexibility index (Phi) is 4.93. The van der Waals surface area contributed by atoms with Crippen LogP contribution in [0.3, 0.4) is 0 Å². The van der Waals surface area contributed by atoms with Crippen molar-refractivity contribution < 1.29 is 17.6 Å². The van der Waals surface area contributed by atoms with Crippen molar-refractivity contribution in [3.8, 4) is 0 Å². The Morgan fingerprint density at radius 3 is 2.35 bits per heavy atom. The number of aryl methyl sites for hydroxylation is 2. The monoisotopic (exact) mass is 389 g/mol. The highest BCUT2D eigenvalue weighted by Gasteiger charge is 2.21.